The number of carbonyl (C=O) groups excluding carboxylic acids is 1. The van der Waals surface area contributed by atoms with Crippen molar-refractivity contribution < 1.29 is 4.79 Å². The minimum atomic E-state index is 0.106. The van der Waals surface area contributed by atoms with E-state index in [9.17, 15) is 4.79 Å². The fourth-order valence-corrected chi connectivity index (χ4v) is 2.00. The molecule has 2 rings (SSSR count). The third kappa shape index (κ3) is 2.52. The molecule has 2 nitrogen and oxygen atoms in total. The van der Waals surface area contributed by atoms with Crippen LogP contribution >= 0.6 is 0 Å². The summed E-state index contributed by atoms with van der Waals surface area (Å²) in [7, 11) is 0. The van der Waals surface area contributed by atoms with Crippen LogP contribution in [0.25, 0.3) is 10.9 Å². The molecule has 1 aromatic carbocycles. The van der Waals surface area contributed by atoms with Crippen LogP contribution in [0.5, 0.6) is 0 Å². The van der Waals surface area contributed by atoms with Crippen LogP contribution in [0.3, 0.4) is 0 Å². The zero-order valence-electron chi connectivity index (χ0n) is 10.4. The second-order valence-electron chi connectivity index (χ2n) is 4.34. The van der Waals surface area contributed by atoms with Crippen LogP contribution in [0, 0.1) is 0 Å². The SMILES string of the molecule is CCCCc1nc2ccccc2cc1C(C)=O. The number of fused-ring (bicyclic) bond motifs is 1. The smallest absolute Gasteiger partial charge is 0.161 e. The number of aromatic nitrogens is 1. The van der Waals surface area contributed by atoms with Crippen LogP contribution in [0.15, 0.2) is 30.3 Å². The number of Topliss-reactive ketones (excluding diaryl/α,β-unsaturated/α-hetero) is 1. The molecule has 0 saturated carbocycles. The van der Waals surface area contributed by atoms with Gasteiger partial charge in [0.15, 0.2) is 5.78 Å². The van der Waals surface area contributed by atoms with Crippen molar-refractivity contribution in [1.82, 2.24) is 4.98 Å². The lowest BCUT2D eigenvalue weighted by Crippen LogP contribution is -2.03. The molecule has 0 unspecified atom stereocenters. The van der Waals surface area contributed by atoms with Gasteiger partial charge in [-0.2, -0.15) is 0 Å². The molecule has 0 radical (unpaired) electrons. The Morgan fingerprint density at radius 1 is 1.29 bits per heavy atom. The highest BCUT2D eigenvalue weighted by molar-refractivity contribution is 5.98. The molecule has 1 aromatic heterocycles. The van der Waals surface area contributed by atoms with Crippen molar-refractivity contribution in [3.8, 4) is 0 Å². The van der Waals surface area contributed by atoms with Gasteiger partial charge in [-0.05, 0) is 31.9 Å². The molecule has 0 spiro atoms. The molecule has 0 saturated heterocycles. The maximum atomic E-state index is 11.6. The Labute approximate surface area is 102 Å². The number of para-hydroxylation sites is 1. The maximum Gasteiger partial charge on any atom is 0.161 e. The first-order valence-electron chi connectivity index (χ1n) is 6.12. The van der Waals surface area contributed by atoms with Gasteiger partial charge >= 0.3 is 0 Å². The van der Waals surface area contributed by atoms with Crippen molar-refractivity contribution in [2.24, 2.45) is 0 Å². The van der Waals surface area contributed by atoms with Crippen LogP contribution < -0.4 is 0 Å². The minimum Gasteiger partial charge on any atom is -0.294 e. The van der Waals surface area contributed by atoms with Gasteiger partial charge in [0, 0.05) is 10.9 Å². The number of pyridine rings is 1. The fraction of sp³-hybridized carbons (Fsp3) is 0.333. The number of hydrogen-bond donors (Lipinski definition) is 0. The van der Waals surface area contributed by atoms with Crippen LogP contribution in [-0.4, -0.2) is 10.8 Å². The summed E-state index contributed by atoms with van der Waals surface area (Å²) in [5, 5.41) is 1.04. The molecule has 0 aliphatic carbocycles. The Morgan fingerprint density at radius 3 is 2.76 bits per heavy atom. The molecule has 0 bridgehead atoms. The zero-order chi connectivity index (χ0) is 12.3. The molecule has 0 N–H and O–H groups in total. The topological polar surface area (TPSA) is 30.0 Å². The molecular weight excluding hydrogens is 210 g/mol. The lowest BCUT2D eigenvalue weighted by atomic mass is 10.0. The molecule has 2 aromatic rings. The summed E-state index contributed by atoms with van der Waals surface area (Å²) in [5.41, 5.74) is 2.69. The Bertz CT molecular complexity index is 546. The van der Waals surface area contributed by atoms with Gasteiger partial charge in [-0.25, -0.2) is 0 Å². The minimum absolute atomic E-state index is 0.106. The Morgan fingerprint density at radius 2 is 2.06 bits per heavy atom. The second kappa shape index (κ2) is 5.09. The summed E-state index contributed by atoms with van der Waals surface area (Å²) in [4.78, 5) is 16.2. The van der Waals surface area contributed by atoms with E-state index in [4.69, 9.17) is 0 Å². The standard InChI is InChI=1S/C15H17NO/c1-3-4-8-15-13(11(2)17)10-12-7-5-6-9-14(12)16-15/h5-7,9-10H,3-4,8H2,1-2H3. The number of aryl methyl sites for hydroxylation is 1. The van der Waals surface area contributed by atoms with E-state index in [1.165, 1.54) is 0 Å². The van der Waals surface area contributed by atoms with Crippen molar-refractivity contribution >= 4 is 16.7 Å². The zero-order valence-corrected chi connectivity index (χ0v) is 10.4. The lowest BCUT2D eigenvalue weighted by molar-refractivity contribution is 0.101. The normalized spacial score (nSPS) is 10.7. The van der Waals surface area contributed by atoms with Gasteiger partial charge in [0.25, 0.3) is 0 Å². The van der Waals surface area contributed by atoms with E-state index in [2.05, 4.69) is 11.9 Å². The monoisotopic (exact) mass is 227 g/mol. The molecule has 2 heteroatoms. The first kappa shape index (κ1) is 11.8. The van der Waals surface area contributed by atoms with E-state index in [-0.39, 0.29) is 5.78 Å². The number of nitrogens with zero attached hydrogens (tertiary/aromatic N) is 1. The molecule has 17 heavy (non-hydrogen) atoms. The van der Waals surface area contributed by atoms with Gasteiger partial charge in [0.1, 0.15) is 0 Å². The molecule has 0 fully saturated rings. The molecule has 88 valence electrons. The number of unbranched alkanes of at least 4 members (excludes halogenated alkanes) is 1. The van der Waals surface area contributed by atoms with E-state index < -0.39 is 0 Å². The van der Waals surface area contributed by atoms with Gasteiger partial charge in [0.05, 0.1) is 11.2 Å². The summed E-state index contributed by atoms with van der Waals surface area (Å²) in [5.74, 6) is 0.106. The van der Waals surface area contributed by atoms with Gasteiger partial charge in [-0.3, -0.25) is 9.78 Å². The molecule has 0 aliphatic heterocycles. The first-order valence-corrected chi connectivity index (χ1v) is 6.12. The van der Waals surface area contributed by atoms with Gasteiger partial charge in [0.2, 0.25) is 0 Å². The van der Waals surface area contributed by atoms with Crippen LogP contribution in [0.1, 0.15) is 42.7 Å². The van der Waals surface area contributed by atoms with Crippen molar-refractivity contribution in [1.29, 1.82) is 0 Å². The first-order chi connectivity index (χ1) is 8.22. The summed E-state index contributed by atoms with van der Waals surface area (Å²) in [6.07, 6.45) is 3.08. The van der Waals surface area contributed by atoms with Crippen LogP contribution in [0.2, 0.25) is 0 Å². The van der Waals surface area contributed by atoms with Crippen molar-refractivity contribution in [2.75, 3.05) is 0 Å². The maximum absolute atomic E-state index is 11.6. The molecule has 0 amide bonds. The van der Waals surface area contributed by atoms with Crippen molar-refractivity contribution in [2.45, 2.75) is 33.1 Å². The number of benzene rings is 1. The highest BCUT2D eigenvalue weighted by Gasteiger charge is 2.10. The lowest BCUT2D eigenvalue weighted by Gasteiger charge is -2.07. The third-order valence-corrected chi connectivity index (χ3v) is 2.95. The average Bonchev–Trinajstić information content (AvgIpc) is 2.35. The molecular formula is C15H17NO. The Balaban J connectivity index is 2.54. The predicted octanol–water partition coefficient (Wildman–Crippen LogP) is 3.78. The Kier molecular flexibility index (Phi) is 3.52. The van der Waals surface area contributed by atoms with Crippen molar-refractivity contribution in [3.05, 3.63) is 41.6 Å². The number of hydrogen-bond acceptors (Lipinski definition) is 2. The van der Waals surface area contributed by atoms with Crippen LogP contribution in [0.4, 0.5) is 0 Å². The van der Waals surface area contributed by atoms with E-state index >= 15 is 0 Å². The van der Waals surface area contributed by atoms with E-state index in [1.54, 1.807) is 6.92 Å². The Hall–Kier alpha value is -1.70. The fourth-order valence-electron chi connectivity index (χ4n) is 2.00. The highest BCUT2D eigenvalue weighted by atomic mass is 16.1. The predicted molar refractivity (Wildman–Crippen MR) is 70.4 cm³/mol. The van der Waals surface area contributed by atoms with Gasteiger partial charge in [-0.1, -0.05) is 31.5 Å². The molecule has 1 heterocycles. The van der Waals surface area contributed by atoms with E-state index in [0.29, 0.717) is 0 Å². The summed E-state index contributed by atoms with van der Waals surface area (Å²) in [6, 6.07) is 9.91. The third-order valence-electron chi connectivity index (χ3n) is 2.95. The van der Waals surface area contributed by atoms with Gasteiger partial charge in [-0.15, -0.1) is 0 Å². The summed E-state index contributed by atoms with van der Waals surface area (Å²) < 4.78 is 0. The number of rotatable bonds is 4. The van der Waals surface area contributed by atoms with Gasteiger partial charge < -0.3 is 0 Å². The largest absolute Gasteiger partial charge is 0.294 e. The molecule has 0 aliphatic rings. The average molecular weight is 227 g/mol. The van der Waals surface area contributed by atoms with E-state index in [0.717, 1.165) is 41.4 Å². The summed E-state index contributed by atoms with van der Waals surface area (Å²) >= 11 is 0. The summed E-state index contributed by atoms with van der Waals surface area (Å²) in [6.45, 7) is 3.76. The highest BCUT2D eigenvalue weighted by Crippen LogP contribution is 2.18. The number of ketones is 1. The number of carbonyl (C=O) groups is 1. The van der Waals surface area contributed by atoms with Crippen LogP contribution in [-0.2, 0) is 6.42 Å². The second-order valence-corrected chi connectivity index (χ2v) is 4.34. The van der Waals surface area contributed by atoms with Crippen molar-refractivity contribution in [3.63, 3.8) is 0 Å². The quantitative estimate of drug-likeness (QED) is 0.744. The molecule has 0 atom stereocenters. The van der Waals surface area contributed by atoms with E-state index in [1.807, 2.05) is 30.3 Å².